The SMILES string of the molecule is CN(C)c1cccc(OC2=CC(Br)=CCC2)c1. The van der Waals surface area contributed by atoms with Crippen molar-refractivity contribution in [2.75, 3.05) is 19.0 Å². The van der Waals surface area contributed by atoms with Crippen LogP contribution in [-0.2, 0) is 0 Å². The van der Waals surface area contributed by atoms with E-state index in [0.29, 0.717) is 0 Å². The topological polar surface area (TPSA) is 12.5 Å². The molecule has 0 heterocycles. The summed E-state index contributed by atoms with van der Waals surface area (Å²) >= 11 is 3.48. The van der Waals surface area contributed by atoms with Crippen molar-refractivity contribution < 1.29 is 4.74 Å². The predicted molar refractivity (Wildman–Crippen MR) is 75.7 cm³/mol. The summed E-state index contributed by atoms with van der Waals surface area (Å²) in [5, 5.41) is 0. The number of ether oxygens (including phenoxy) is 1. The Morgan fingerprint density at radius 1 is 1.29 bits per heavy atom. The molecule has 0 spiro atoms. The average molecular weight is 294 g/mol. The molecule has 2 rings (SSSR count). The second-order valence-electron chi connectivity index (χ2n) is 4.23. The highest BCUT2D eigenvalue weighted by atomic mass is 79.9. The fraction of sp³-hybridized carbons (Fsp3) is 0.286. The van der Waals surface area contributed by atoms with Gasteiger partial charge in [0, 0.05) is 36.8 Å². The van der Waals surface area contributed by atoms with Crippen LogP contribution < -0.4 is 9.64 Å². The van der Waals surface area contributed by atoms with Crippen LogP contribution in [0, 0.1) is 0 Å². The van der Waals surface area contributed by atoms with Gasteiger partial charge in [-0.05, 0) is 24.6 Å². The van der Waals surface area contributed by atoms with Crippen molar-refractivity contribution in [2.45, 2.75) is 12.8 Å². The second kappa shape index (κ2) is 5.41. The molecule has 2 nitrogen and oxygen atoms in total. The largest absolute Gasteiger partial charge is 0.462 e. The van der Waals surface area contributed by atoms with Crippen LogP contribution in [0.5, 0.6) is 5.75 Å². The Hall–Kier alpha value is -1.22. The fourth-order valence-corrected chi connectivity index (χ4v) is 2.18. The fourth-order valence-electron chi connectivity index (χ4n) is 1.69. The first-order chi connectivity index (χ1) is 8.15. The van der Waals surface area contributed by atoms with Gasteiger partial charge in [-0.15, -0.1) is 0 Å². The van der Waals surface area contributed by atoms with E-state index in [4.69, 9.17) is 4.74 Å². The minimum absolute atomic E-state index is 0.893. The van der Waals surface area contributed by atoms with E-state index in [-0.39, 0.29) is 0 Å². The molecule has 0 fully saturated rings. The third kappa shape index (κ3) is 3.37. The molecule has 0 atom stereocenters. The third-order valence-electron chi connectivity index (χ3n) is 2.61. The second-order valence-corrected chi connectivity index (χ2v) is 5.15. The molecule has 0 aliphatic heterocycles. The molecule has 0 aromatic heterocycles. The van der Waals surface area contributed by atoms with Crippen LogP contribution in [-0.4, -0.2) is 14.1 Å². The minimum Gasteiger partial charge on any atom is -0.462 e. The molecule has 3 heteroatoms. The molecule has 0 unspecified atom stereocenters. The van der Waals surface area contributed by atoms with Gasteiger partial charge < -0.3 is 9.64 Å². The quantitative estimate of drug-likeness (QED) is 0.832. The van der Waals surface area contributed by atoms with Crippen molar-refractivity contribution >= 4 is 21.6 Å². The van der Waals surface area contributed by atoms with Crippen molar-refractivity contribution in [3.8, 4) is 5.75 Å². The van der Waals surface area contributed by atoms with Gasteiger partial charge in [0.25, 0.3) is 0 Å². The molecule has 0 radical (unpaired) electrons. The highest BCUT2D eigenvalue weighted by molar-refractivity contribution is 9.11. The normalized spacial score (nSPS) is 15.0. The Balaban J connectivity index is 2.13. The molecule has 90 valence electrons. The smallest absolute Gasteiger partial charge is 0.128 e. The number of rotatable bonds is 3. The van der Waals surface area contributed by atoms with Gasteiger partial charge in [0.15, 0.2) is 0 Å². The van der Waals surface area contributed by atoms with Gasteiger partial charge >= 0.3 is 0 Å². The van der Waals surface area contributed by atoms with E-state index in [2.05, 4.69) is 33.0 Å². The Kier molecular flexibility index (Phi) is 3.89. The van der Waals surface area contributed by atoms with Gasteiger partial charge in [0.2, 0.25) is 0 Å². The van der Waals surface area contributed by atoms with Crippen molar-refractivity contribution in [3.05, 3.63) is 46.7 Å². The molecule has 1 aromatic carbocycles. The summed E-state index contributed by atoms with van der Waals surface area (Å²) in [7, 11) is 4.05. The lowest BCUT2D eigenvalue weighted by atomic mass is 10.1. The zero-order valence-corrected chi connectivity index (χ0v) is 11.7. The summed E-state index contributed by atoms with van der Waals surface area (Å²) in [4.78, 5) is 2.07. The Bertz CT molecular complexity index is 463. The van der Waals surface area contributed by atoms with E-state index >= 15 is 0 Å². The Morgan fingerprint density at radius 2 is 2.12 bits per heavy atom. The van der Waals surface area contributed by atoms with Crippen molar-refractivity contribution in [2.24, 2.45) is 0 Å². The number of hydrogen-bond donors (Lipinski definition) is 0. The molecule has 0 saturated heterocycles. The number of halogens is 1. The monoisotopic (exact) mass is 293 g/mol. The summed E-state index contributed by atoms with van der Waals surface area (Å²) < 4.78 is 6.98. The van der Waals surface area contributed by atoms with Crippen LogP contribution in [0.1, 0.15) is 12.8 Å². The lowest BCUT2D eigenvalue weighted by molar-refractivity contribution is 0.402. The molecule has 17 heavy (non-hydrogen) atoms. The Labute approximate surface area is 111 Å². The molecule has 0 N–H and O–H groups in total. The molecule has 0 bridgehead atoms. The first-order valence-electron chi connectivity index (χ1n) is 5.66. The number of allylic oxidation sites excluding steroid dienone is 4. The molecular weight excluding hydrogens is 278 g/mol. The van der Waals surface area contributed by atoms with Gasteiger partial charge in [-0.3, -0.25) is 0 Å². The van der Waals surface area contributed by atoms with Crippen LogP contribution in [0.15, 0.2) is 46.7 Å². The van der Waals surface area contributed by atoms with Gasteiger partial charge in [-0.1, -0.05) is 28.1 Å². The third-order valence-corrected chi connectivity index (χ3v) is 3.16. The van der Waals surface area contributed by atoms with Crippen LogP contribution >= 0.6 is 15.9 Å². The number of hydrogen-bond acceptors (Lipinski definition) is 2. The minimum atomic E-state index is 0.893. The highest BCUT2D eigenvalue weighted by Gasteiger charge is 2.06. The van der Waals surface area contributed by atoms with Crippen molar-refractivity contribution in [1.29, 1.82) is 0 Å². The van der Waals surface area contributed by atoms with E-state index < -0.39 is 0 Å². The molecule has 1 aromatic rings. The first-order valence-corrected chi connectivity index (χ1v) is 6.46. The molecule has 1 aliphatic carbocycles. The standard InChI is InChI=1S/C14H16BrNO/c1-16(2)12-6-4-8-14(10-12)17-13-7-3-5-11(15)9-13/h4-6,8-10H,3,7H2,1-2H3. The van der Waals surface area contributed by atoms with Crippen LogP contribution in [0.25, 0.3) is 0 Å². The molecular formula is C14H16BrNO. The van der Waals surface area contributed by atoms with E-state index in [1.165, 1.54) is 0 Å². The van der Waals surface area contributed by atoms with Gasteiger partial charge in [-0.25, -0.2) is 0 Å². The summed E-state index contributed by atoms with van der Waals surface area (Å²) in [6.45, 7) is 0. The van der Waals surface area contributed by atoms with E-state index in [1.807, 2.05) is 38.4 Å². The van der Waals surface area contributed by atoms with E-state index in [0.717, 1.165) is 34.5 Å². The lowest BCUT2D eigenvalue weighted by Crippen LogP contribution is -2.08. The maximum atomic E-state index is 5.88. The van der Waals surface area contributed by atoms with Crippen LogP contribution in [0.3, 0.4) is 0 Å². The van der Waals surface area contributed by atoms with Crippen LogP contribution in [0.2, 0.25) is 0 Å². The average Bonchev–Trinajstić information content (AvgIpc) is 2.29. The summed E-state index contributed by atoms with van der Waals surface area (Å²) in [6, 6.07) is 8.12. The van der Waals surface area contributed by atoms with Gasteiger partial charge in [0.05, 0.1) is 0 Å². The van der Waals surface area contributed by atoms with Crippen LogP contribution in [0.4, 0.5) is 5.69 Å². The number of benzene rings is 1. The molecule has 1 aliphatic rings. The zero-order valence-electron chi connectivity index (χ0n) is 10.1. The number of nitrogens with zero attached hydrogens (tertiary/aromatic N) is 1. The summed E-state index contributed by atoms with van der Waals surface area (Å²) in [6.07, 6.45) is 6.18. The van der Waals surface area contributed by atoms with Crippen molar-refractivity contribution in [3.63, 3.8) is 0 Å². The van der Waals surface area contributed by atoms with E-state index in [1.54, 1.807) is 0 Å². The maximum Gasteiger partial charge on any atom is 0.128 e. The zero-order chi connectivity index (χ0) is 12.3. The van der Waals surface area contributed by atoms with Crippen molar-refractivity contribution in [1.82, 2.24) is 0 Å². The van der Waals surface area contributed by atoms with Gasteiger partial charge in [-0.2, -0.15) is 0 Å². The highest BCUT2D eigenvalue weighted by Crippen LogP contribution is 2.26. The number of anilines is 1. The predicted octanol–water partition coefficient (Wildman–Crippen LogP) is 4.09. The Morgan fingerprint density at radius 3 is 2.82 bits per heavy atom. The summed E-state index contributed by atoms with van der Waals surface area (Å²) in [5.41, 5.74) is 1.15. The van der Waals surface area contributed by atoms with Gasteiger partial charge in [0.1, 0.15) is 11.5 Å². The van der Waals surface area contributed by atoms with E-state index in [9.17, 15) is 0 Å². The summed E-state index contributed by atoms with van der Waals surface area (Å²) in [5.74, 6) is 1.90. The first kappa shape index (κ1) is 12.2. The lowest BCUT2D eigenvalue weighted by Gasteiger charge is -2.16. The molecule has 0 amide bonds. The molecule has 0 saturated carbocycles. The maximum absolute atomic E-state index is 5.88.